The van der Waals surface area contributed by atoms with Gasteiger partial charge in [0, 0.05) is 6.04 Å². The first-order chi connectivity index (χ1) is 4.76. The first-order valence-electron chi connectivity index (χ1n) is 4.43. The maximum absolute atomic E-state index is 3.32. The van der Waals surface area contributed by atoms with Crippen molar-refractivity contribution in [3.8, 4) is 0 Å². The predicted molar refractivity (Wildman–Crippen MR) is 45.1 cm³/mol. The fraction of sp³-hybridized carbons (Fsp3) is 1.00. The lowest BCUT2D eigenvalue weighted by Crippen LogP contribution is -2.46. The summed E-state index contributed by atoms with van der Waals surface area (Å²) in [6.07, 6.45) is 5.52. The molecule has 10 heavy (non-hydrogen) atoms. The van der Waals surface area contributed by atoms with E-state index in [4.69, 9.17) is 0 Å². The van der Waals surface area contributed by atoms with E-state index in [1.165, 1.54) is 25.7 Å². The molecule has 0 atom stereocenters. The molecule has 0 radical (unpaired) electrons. The molecule has 1 fully saturated rings. The first kappa shape index (κ1) is 8.06. The molecule has 0 unspecified atom stereocenters. The van der Waals surface area contributed by atoms with Crippen LogP contribution < -0.4 is 5.32 Å². The molecule has 0 aromatic carbocycles. The van der Waals surface area contributed by atoms with Crippen molar-refractivity contribution in [1.29, 1.82) is 0 Å². The largest absolute Gasteiger partial charge is 0.317 e. The van der Waals surface area contributed by atoms with E-state index in [1.807, 2.05) is 0 Å². The average molecular weight is 141 g/mol. The lowest BCUT2D eigenvalue weighted by molar-refractivity contribution is 0.0767. The normalized spacial score (nSPS) is 24.3. The van der Waals surface area contributed by atoms with Gasteiger partial charge in [-0.25, -0.2) is 0 Å². The molecule has 1 nitrogen and oxygen atoms in total. The Labute approximate surface area is 64.2 Å². The molecule has 0 spiro atoms. The third-order valence-electron chi connectivity index (χ3n) is 3.27. The Morgan fingerprint density at radius 2 is 1.80 bits per heavy atom. The van der Waals surface area contributed by atoms with E-state index < -0.39 is 0 Å². The summed E-state index contributed by atoms with van der Waals surface area (Å²) in [5.74, 6) is 0. The lowest BCUT2D eigenvalue weighted by Gasteiger charge is -2.47. The number of rotatable bonds is 3. The van der Waals surface area contributed by atoms with Crippen LogP contribution in [0.3, 0.4) is 0 Å². The maximum atomic E-state index is 3.32. The van der Waals surface area contributed by atoms with Gasteiger partial charge in [0.25, 0.3) is 0 Å². The smallest absolute Gasteiger partial charge is 0.00746 e. The highest BCUT2D eigenvalue weighted by Gasteiger charge is 2.39. The van der Waals surface area contributed by atoms with Crippen LogP contribution in [0.25, 0.3) is 0 Å². The van der Waals surface area contributed by atoms with Gasteiger partial charge in [0.15, 0.2) is 0 Å². The molecular weight excluding hydrogens is 122 g/mol. The van der Waals surface area contributed by atoms with Gasteiger partial charge in [0.05, 0.1) is 0 Å². The zero-order valence-electron chi connectivity index (χ0n) is 7.41. The van der Waals surface area contributed by atoms with Crippen molar-refractivity contribution < 1.29 is 0 Å². The van der Waals surface area contributed by atoms with E-state index in [9.17, 15) is 0 Å². The van der Waals surface area contributed by atoms with Crippen LogP contribution in [0.15, 0.2) is 0 Å². The summed E-state index contributed by atoms with van der Waals surface area (Å²) in [4.78, 5) is 0. The predicted octanol–water partition coefficient (Wildman–Crippen LogP) is 2.17. The molecule has 0 aliphatic heterocycles. The Hall–Kier alpha value is -0.0400. The van der Waals surface area contributed by atoms with Crippen LogP contribution in [0.1, 0.15) is 39.5 Å². The molecule has 0 aromatic heterocycles. The van der Waals surface area contributed by atoms with Crippen molar-refractivity contribution in [1.82, 2.24) is 5.32 Å². The molecule has 0 amide bonds. The van der Waals surface area contributed by atoms with Crippen molar-refractivity contribution in [2.24, 2.45) is 5.41 Å². The standard InChI is InChI=1S/C9H19N/c1-4-9(5-2)6-8(7-9)10-3/h8,10H,4-7H2,1-3H3. The third kappa shape index (κ3) is 1.20. The summed E-state index contributed by atoms with van der Waals surface area (Å²) in [7, 11) is 2.07. The van der Waals surface area contributed by atoms with Gasteiger partial charge in [0.2, 0.25) is 0 Å². The quantitative estimate of drug-likeness (QED) is 0.635. The third-order valence-corrected chi connectivity index (χ3v) is 3.27. The number of hydrogen-bond donors (Lipinski definition) is 1. The van der Waals surface area contributed by atoms with Gasteiger partial charge >= 0.3 is 0 Å². The van der Waals surface area contributed by atoms with Gasteiger partial charge in [-0.15, -0.1) is 0 Å². The fourth-order valence-corrected chi connectivity index (χ4v) is 2.02. The molecule has 1 rings (SSSR count). The fourth-order valence-electron chi connectivity index (χ4n) is 2.02. The van der Waals surface area contributed by atoms with Crippen molar-refractivity contribution in [2.45, 2.75) is 45.6 Å². The summed E-state index contributed by atoms with van der Waals surface area (Å²) < 4.78 is 0. The highest BCUT2D eigenvalue weighted by atomic mass is 14.9. The summed E-state index contributed by atoms with van der Waals surface area (Å²) in [5.41, 5.74) is 0.716. The van der Waals surface area contributed by atoms with Gasteiger partial charge in [-0.05, 0) is 25.3 Å². The van der Waals surface area contributed by atoms with Crippen LogP contribution in [0.2, 0.25) is 0 Å². The average Bonchev–Trinajstić information content (AvgIpc) is 1.89. The molecule has 0 aromatic rings. The molecule has 0 bridgehead atoms. The highest BCUT2D eigenvalue weighted by molar-refractivity contribution is 4.95. The molecule has 1 heteroatoms. The summed E-state index contributed by atoms with van der Waals surface area (Å²) in [5, 5.41) is 3.32. The summed E-state index contributed by atoms with van der Waals surface area (Å²) in [6, 6.07) is 0.819. The number of nitrogens with one attached hydrogen (secondary N) is 1. The van der Waals surface area contributed by atoms with E-state index in [2.05, 4.69) is 26.2 Å². The second kappa shape index (κ2) is 2.91. The van der Waals surface area contributed by atoms with E-state index in [0.29, 0.717) is 5.41 Å². The van der Waals surface area contributed by atoms with Crippen LogP contribution in [0.4, 0.5) is 0 Å². The second-order valence-electron chi connectivity index (χ2n) is 3.60. The molecule has 1 aliphatic rings. The van der Waals surface area contributed by atoms with Crippen LogP contribution in [0.5, 0.6) is 0 Å². The zero-order valence-corrected chi connectivity index (χ0v) is 7.41. The van der Waals surface area contributed by atoms with Crippen molar-refractivity contribution in [3.05, 3.63) is 0 Å². The molecular formula is C9H19N. The molecule has 1 saturated carbocycles. The maximum Gasteiger partial charge on any atom is 0.00746 e. The Bertz CT molecular complexity index is 97.3. The van der Waals surface area contributed by atoms with Gasteiger partial charge in [-0.2, -0.15) is 0 Å². The summed E-state index contributed by atoms with van der Waals surface area (Å²) >= 11 is 0. The van der Waals surface area contributed by atoms with E-state index >= 15 is 0 Å². The minimum Gasteiger partial charge on any atom is -0.317 e. The monoisotopic (exact) mass is 141 g/mol. The van der Waals surface area contributed by atoms with E-state index in [0.717, 1.165) is 6.04 Å². The Balaban J connectivity index is 2.31. The molecule has 1 N–H and O–H groups in total. The van der Waals surface area contributed by atoms with E-state index in [-0.39, 0.29) is 0 Å². The van der Waals surface area contributed by atoms with Crippen LogP contribution in [0, 0.1) is 5.41 Å². The minimum atomic E-state index is 0.716. The van der Waals surface area contributed by atoms with Crippen molar-refractivity contribution in [2.75, 3.05) is 7.05 Å². The van der Waals surface area contributed by atoms with Crippen LogP contribution >= 0.6 is 0 Å². The first-order valence-corrected chi connectivity index (χ1v) is 4.43. The Morgan fingerprint density at radius 1 is 1.30 bits per heavy atom. The van der Waals surface area contributed by atoms with Gasteiger partial charge in [-0.1, -0.05) is 26.7 Å². The van der Waals surface area contributed by atoms with E-state index in [1.54, 1.807) is 0 Å². The Kier molecular flexibility index (Phi) is 2.35. The number of hydrogen-bond acceptors (Lipinski definition) is 1. The second-order valence-corrected chi connectivity index (χ2v) is 3.60. The van der Waals surface area contributed by atoms with Crippen LogP contribution in [-0.4, -0.2) is 13.1 Å². The summed E-state index contributed by atoms with van der Waals surface area (Å²) in [6.45, 7) is 4.63. The molecule has 1 aliphatic carbocycles. The van der Waals surface area contributed by atoms with Gasteiger partial charge in [0.1, 0.15) is 0 Å². The van der Waals surface area contributed by atoms with Crippen LogP contribution in [-0.2, 0) is 0 Å². The topological polar surface area (TPSA) is 12.0 Å². The highest BCUT2D eigenvalue weighted by Crippen LogP contribution is 2.46. The molecule has 60 valence electrons. The van der Waals surface area contributed by atoms with Gasteiger partial charge < -0.3 is 5.32 Å². The van der Waals surface area contributed by atoms with Crippen molar-refractivity contribution in [3.63, 3.8) is 0 Å². The van der Waals surface area contributed by atoms with Gasteiger partial charge in [-0.3, -0.25) is 0 Å². The molecule has 0 saturated heterocycles. The zero-order chi connectivity index (χ0) is 7.61. The minimum absolute atomic E-state index is 0.716. The Morgan fingerprint density at radius 3 is 2.10 bits per heavy atom. The SMILES string of the molecule is CCC1(CC)CC(NC)C1. The molecule has 0 heterocycles. The van der Waals surface area contributed by atoms with Crippen molar-refractivity contribution >= 4 is 0 Å². The lowest BCUT2D eigenvalue weighted by atomic mass is 9.62.